The van der Waals surface area contributed by atoms with Gasteiger partial charge in [0.15, 0.2) is 0 Å². The van der Waals surface area contributed by atoms with Crippen LogP contribution in [0.25, 0.3) is 0 Å². The maximum Gasteiger partial charge on any atom is 0.0455 e. The lowest BCUT2D eigenvalue weighted by atomic mass is 9.83. The highest BCUT2D eigenvalue weighted by molar-refractivity contribution is 5.33. The van der Waals surface area contributed by atoms with Crippen molar-refractivity contribution >= 4 is 0 Å². The molecule has 0 bridgehead atoms. The van der Waals surface area contributed by atoms with E-state index in [0.717, 1.165) is 6.04 Å². The van der Waals surface area contributed by atoms with Crippen LogP contribution in [-0.2, 0) is 6.42 Å². The van der Waals surface area contributed by atoms with E-state index >= 15 is 0 Å². The van der Waals surface area contributed by atoms with Crippen LogP contribution in [0.5, 0.6) is 0 Å². The van der Waals surface area contributed by atoms with Gasteiger partial charge in [-0.15, -0.1) is 0 Å². The van der Waals surface area contributed by atoms with Gasteiger partial charge in [0.2, 0.25) is 0 Å². The summed E-state index contributed by atoms with van der Waals surface area (Å²) in [5.41, 5.74) is 9.44. The predicted octanol–water partition coefficient (Wildman–Crippen LogP) is 3.66. The van der Waals surface area contributed by atoms with E-state index in [2.05, 4.69) is 36.2 Å². The number of rotatable bonds is 2. The van der Waals surface area contributed by atoms with Crippen LogP contribution in [0.1, 0.15) is 62.1 Å². The number of likely N-dealkylation sites (N-methyl/N-ethyl adjacent to an activating group) is 1. The van der Waals surface area contributed by atoms with Gasteiger partial charge >= 0.3 is 0 Å². The van der Waals surface area contributed by atoms with Crippen molar-refractivity contribution in [3.05, 3.63) is 35.4 Å². The number of fused-ring (bicyclic) bond motifs is 1. The molecule has 0 amide bonds. The minimum absolute atomic E-state index is 0.188. The Hall–Kier alpha value is -0.860. The topological polar surface area (TPSA) is 29.3 Å². The number of benzene rings is 1. The Morgan fingerprint density at radius 1 is 1.00 bits per heavy atom. The molecular weight excluding hydrogens is 244 g/mol. The second kappa shape index (κ2) is 6.28. The molecule has 2 N–H and O–H groups in total. The summed E-state index contributed by atoms with van der Waals surface area (Å²) in [5, 5.41) is 0. The number of hydrogen-bond acceptors (Lipinski definition) is 2. The monoisotopic (exact) mass is 272 g/mol. The molecule has 3 rings (SSSR count). The van der Waals surface area contributed by atoms with Gasteiger partial charge in [0.25, 0.3) is 0 Å². The van der Waals surface area contributed by atoms with Crippen molar-refractivity contribution in [3.63, 3.8) is 0 Å². The minimum Gasteiger partial charge on any atom is -0.323 e. The van der Waals surface area contributed by atoms with Crippen molar-refractivity contribution in [2.75, 3.05) is 7.05 Å². The van der Waals surface area contributed by atoms with E-state index in [1.807, 2.05) is 0 Å². The molecule has 2 nitrogen and oxygen atoms in total. The smallest absolute Gasteiger partial charge is 0.0455 e. The lowest BCUT2D eigenvalue weighted by Gasteiger charge is -2.41. The zero-order chi connectivity index (χ0) is 13.9. The Morgan fingerprint density at radius 2 is 1.70 bits per heavy atom. The molecule has 0 saturated heterocycles. The van der Waals surface area contributed by atoms with Crippen molar-refractivity contribution in [3.8, 4) is 0 Å². The molecule has 2 unspecified atom stereocenters. The summed E-state index contributed by atoms with van der Waals surface area (Å²) in [6.45, 7) is 0. The zero-order valence-electron chi connectivity index (χ0n) is 12.7. The summed E-state index contributed by atoms with van der Waals surface area (Å²) < 4.78 is 0. The Morgan fingerprint density at radius 3 is 2.45 bits per heavy atom. The highest BCUT2D eigenvalue weighted by Gasteiger charge is 2.32. The highest BCUT2D eigenvalue weighted by Crippen LogP contribution is 2.33. The molecule has 2 aliphatic rings. The molecule has 0 aliphatic heterocycles. The van der Waals surface area contributed by atoms with Gasteiger partial charge in [-0.3, -0.25) is 4.90 Å². The molecule has 1 saturated carbocycles. The molecule has 110 valence electrons. The summed E-state index contributed by atoms with van der Waals surface area (Å²) in [6, 6.07) is 10.2. The standard InChI is InChI=1S/C18H28N2/c1-20(15-9-4-2-3-5-10-15)17-13-12-14-8-6-7-11-16(14)18(17)19/h6-8,11,15,17-18H,2-5,9-10,12-13,19H2,1H3. The molecule has 1 aromatic carbocycles. The summed E-state index contributed by atoms with van der Waals surface area (Å²) in [6.07, 6.45) is 10.8. The van der Waals surface area contributed by atoms with Crippen molar-refractivity contribution < 1.29 is 0 Å². The number of hydrogen-bond donors (Lipinski definition) is 1. The summed E-state index contributed by atoms with van der Waals surface area (Å²) in [5.74, 6) is 0. The van der Waals surface area contributed by atoms with Gasteiger partial charge in [0, 0.05) is 18.1 Å². The van der Waals surface area contributed by atoms with E-state index in [1.54, 1.807) is 0 Å². The van der Waals surface area contributed by atoms with Gasteiger partial charge in [-0.1, -0.05) is 49.9 Å². The Kier molecular flexibility index (Phi) is 4.42. The molecule has 0 aromatic heterocycles. The van der Waals surface area contributed by atoms with Gasteiger partial charge in [-0.2, -0.15) is 0 Å². The van der Waals surface area contributed by atoms with Crippen LogP contribution < -0.4 is 5.73 Å². The average Bonchev–Trinajstić information content (AvgIpc) is 2.76. The first-order chi connectivity index (χ1) is 9.77. The maximum atomic E-state index is 6.60. The normalized spacial score (nSPS) is 28.1. The average molecular weight is 272 g/mol. The lowest BCUT2D eigenvalue weighted by Crippen LogP contribution is -2.48. The van der Waals surface area contributed by atoms with Crippen LogP contribution in [0.4, 0.5) is 0 Å². The fourth-order valence-electron chi connectivity index (χ4n) is 4.17. The van der Waals surface area contributed by atoms with Crippen molar-refractivity contribution in [2.24, 2.45) is 5.73 Å². The molecule has 2 aliphatic carbocycles. The van der Waals surface area contributed by atoms with Crippen LogP contribution in [0.3, 0.4) is 0 Å². The third-order valence-corrected chi connectivity index (χ3v) is 5.46. The Balaban J connectivity index is 1.74. The molecule has 1 aromatic rings. The number of nitrogens with zero attached hydrogens (tertiary/aromatic N) is 1. The molecule has 2 heteroatoms. The Bertz CT molecular complexity index is 435. The largest absolute Gasteiger partial charge is 0.323 e. The second-order valence-electron chi connectivity index (χ2n) is 6.64. The SMILES string of the molecule is CN(C1CCCCCC1)C1CCc2ccccc2C1N. The molecule has 2 atom stereocenters. The molecule has 0 spiro atoms. The van der Waals surface area contributed by atoms with E-state index in [4.69, 9.17) is 5.73 Å². The second-order valence-corrected chi connectivity index (χ2v) is 6.64. The third kappa shape index (κ3) is 2.77. The molecule has 0 radical (unpaired) electrons. The quantitative estimate of drug-likeness (QED) is 0.833. The predicted molar refractivity (Wildman–Crippen MR) is 84.7 cm³/mol. The van der Waals surface area contributed by atoms with Crippen molar-refractivity contribution in [1.82, 2.24) is 4.90 Å². The number of nitrogens with two attached hydrogens (primary N) is 1. The maximum absolute atomic E-state index is 6.60. The summed E-state index contributed by atoms with van der Waals surface area (Å²) in [4.78, 5) is 2.62. The summed E-state index contributed by atoms with van der Waals surface area (Å²) in [7, 11) is 2.31. The van der Waals surface area contributed by atoms with Crippen LogP contribution in [0.15, 0.2) is 24.3 Å². The van der Waals surface area contributed by atoms with E-state index < -0.39 is 0 Å². The molecular formula is C18H28N2. The van der Waals surface area contributed by atoms with E-state index in [9.17, 15) is 0 Å². The van der Waals surface area contributed by atoms with Crippen LogP contribution in [-0.4, -0.2) is 24.0 Å². The highest BCUT2D eigenvalue weighted by atomic mass is 15.2. The lowest BCUT2D eigenvalue weighted by molar-refractivity contribution is 0.124. The van der Waals surface area contributed by atoms with Gasteiger partial charge < -0.3 is 5.73 Å². The minimum atomic E-state index is 0.188. The van der Waals surface area contributed by atoms with Gasteiger partial charge in [0.05, 0.1) is 0 Å². The summed E-state index contributed by atoms with van der Waals surface area (Å²) >= 11 is 0. The van der Waals surface area contributed by atoms with Crippen LogP contribution >= 0.6 is 0 Å². The van der Waals surface area contributed by atoms with E-state index in [0.29, 0.717) is 6.04 Å². The molecule has 20 heavy (non-hydrogen) atoms. The van der Waals surface area contributed by atoms with E-state index in [-0.39, 0.29) is 6.04 Å². The van der Waals surface area contributed by atoms with Gasteiger partial charge in [0.1, 0.15) is 0 Å². The zero-order valence-corrected chi connectivity index (χ0v) is 12.7. The van der Waals surface area contributed by atoms with Gasteiger partial charge in [-0.25, -0.2) is 0 Å². The fourth-order valence-corrected chi connectivity index (χ4v) is 4.17. The van der Waals surface area contributed by atoms with Crippen molar-refractivity contribution in [2.45, 2.75) is 69.5 Å². The van der Waals surface area contributed by atoms with E-state index in [1.165, 1.54) is 62.5 Å². The first-order valence-electron chi connectivity index (χ1n) is 8.32. The van der Waals surface area contributed by atoms with Crippen LogP contribution in [0.2, 0.25) is 0 Å². The third-order valence-electron chi connectivity index (χ3n) is 5.46. The van der Waals surface area contributed by atoms with Crippen LogP contribution in [0, 0.1) is 0 Å². The molecule has 0 heterocycles. The fraction of sp³-hybridized carbons (Fsp3) is 0.667. The van der Waals surface area contributed by atoms with Crippen molar-refractivity contribution in [1.29, 1.82) is 0 Å². The first-order valence-corrected chi connectivity index (χ1v) is 8.32. The first kappa shape index (κ1) is 14.1. The number of aryl methyl sites for hydroxylation is 1. The van der Waals surface area contributed by atoms with Gasteiger partial charge in [-0.05, 0) is 43.9 Å². The Labute approximate surface area is 123 Å². The molecule has 1 fully saturated rings.